The molecule has 0 radical (unpaired) electrons. The van der Waals surface area contributed by atoms with Gasteiger partial charge < -0.3 is 10.1 Å². The number of benzene rings is 2. The summed E-state index contributed by atoms with van der Waals surface area (Å²) in [6.07, 6.45) is 0. The fourth-order valence-electron chi connectivity index (χ4n) is 2.41. The number of sulfonamides is 1. The molecule has 0 fully saturated rings. The van der Waals surface area contributed by atoms with E-state index >= 15 is 0 Å². The molecule has 8 heteroatoms. The number of ether oxygens (including phenoxy) is 1. The Morgan fingerprint density at radius 1 is 1.21 bits per heavy atom. The molecule has 0 saturated heterocycles. The summed E-state index contributed by atoms with van der Waals surface area (Å²) in [5, 5.41) is 2.80. The van der Waals surface area contributed by atoms with E-state index in [0.717, 1.165) is 5.56 Å². The number of carbonyl (C=O) groups excluding carboxylic acids is 1. The number of anilines is 2. The maximum absolute atomic E-state index is 12.9. The van der Waals surface area contributed by atoms with Crippen molar-refractivity contribution < 1.29 is 17.9 Å². The monoisotopic (exact) mass is 366 g/mol. The van der Waals surface area contributed by atoms with Crippen molar-refractivity contribution >= 4 is 38.9 Å². The van der Waals surface area contributed by atoms with Crippen LogP contribution in [0.3, 0.4) is 0 Å². The third-order valence-electron chi connectivity index (χ3n) is 3.61. The number of aryl methyl sites for hydroxylation is 1. The third kappa shape index (κ3) is 3.05. The van der Waals surface area contributed by atoms with E-state index in [1.54, 1.807) is 31.2 Å². The topological polar surface area (TPSA) is 84.5 Å². The van der Waals surface area contributed by atoms with Gasteiger partial charge in [-0.05, 0) is 37.6 Å². The van der Waals surface area contributed by atoms with E-state index in [1.165, 1.54) is 6.07 Å². The molecule has 0 spiro atoms. The standard InChI is InChI=1S/C16H15ClN2O4S/c1-9-3-5-11(6-4-9)19-24(21,22)16-10(2)12(17)7-13-15(16)23-8-14(20)18-13/h3-7,19H,8H2,1-2H3,(H,18,20). The van der Waals surface area contributed by atoms with Gasteiger partial charge in [-0.3, -0.25) is 9.52 Å². The molecule has 0 bridgehead atoms. The lowest BCUT2D eigenvalue weighted by Gasteiger charge is -2.23. The van der Waals surface area contributed by atoms with Crippen LogP contribution in [-0.4, -0.2) is 20.9 Å². The Balaban J connectivity index is 2.10. The van der Waals surface area contributed by atoms with Gasteiger partial charge in [0.25, 0.3) is 15.9 Å². The third-order valence-corrected chi connectivity index (χ3v) is 5.54. The number of rotatable bonds is 3. The molecule has 0 aliphatic carbocycles. The van der Waals surface area contributed by atoms with E-state index in [0.29, 0.717) is 11.3 Å². The molecule has 1 amide bonds. The second-order valence-electron chi connectivity index (χ2n) is 5.50. The molecule has 0 atom stereocenters. The van der Waals surface area contributed by atoms with Crippen LogP contribution in [0, 0.1) is 13.8 Å². The Morgan fingerprint density at radius 3 is 2.54 bits per heavy atom. The molecule has 1 aliphatic rings. The lowest BCUT2D eigenvalue weighted by molar-refractivity contribution is -0.118. The smallest absolute Gasteiger partial charge is 0.265 e. The van der Waals surface area contributed by atoms with Crippen LogP contribution in [0.25, 0.3) is 0 Å². The second kappa shape index (κ2) is 5.99. The van der Waals surface area contributed by atoms with Crippen molar-refractivity contribution in [2.45, 2.75) is 18.7 Å². The van der Waals surface area contributed by atoms with Crippen molar-refractivity contribution in [3.63, 3.8) is 0 Å². The van der Waals surface area contributed by atoms with Gasteiger partial charge in [-0.25, -0.2) is 8.42 Å². The maximum Gasteiger partial charge on any atom is 0.265 e. The number of carbonyl (C=O) groups is 1. The Bertz CT molecular complexity index is 924. The first-order valence-corrected chi connectivity index (χ1v) is 8.99. The minimum atomic E-state index is -3.95. The summed E-state index contributed by atoms with van der Waals surface area (Å²) in [6, 6.07) is 8.42. The van der Waals surface area contributed by atoms with Crippen LogP contribution >= 0.6 is 11.6 Å². The van der Waals surface area contributed by atoms with Crippen molar-refractivity contribution in [3.8, 4) is 5.75 Å². The highest BCUT2D eigenvalue weighted by molar-refractivity contribution is 7.92. The summed E-state index contributed by atoms with van der Waals surface area (Å²) in [5.41, 5.74) is 2.03. The zero-order valence-electron chi connectivity index (χ0n) is 13.0. The first-order valence-electron chi connectivity index (χ1n) is 7.13. The zero-order chi connectivity index (χ0) is 17.5. The summed E-state index contributed by atoms with van der Waals surface area (Å²) in [7, 11) is -3.95. The van der Waals surface area contributed by atoms with Crippen LogP contribution < -0.4 is 14.8 Å². The average molecular weight is 367 g/mol. The van der Waals surface area contributed by atoms with Crippen molar-refractivity contribution in [3.05, 3.63) is 46.5 Å². The largest absolute Gasteiger partial charge is 0.480 e. The fraction of sp³-hybridized carbons (Fsp3) is 0.188. The van der Waals surface area contributed by atoms with Gasteiger partial charge in [0.1, 0.15) is 4.90 Å². The van der Waals surface area contributed by atoms with Gasteiger partial charge >= 0.3 is 0 Å². The van der Waals surface area contributed by atoms with Crippen LogP contribution in [0.2, 0.25) is 5.02 Å². The van der Waals surface area contributed by atoms with Crippen molar-refractivity contribution in [2.24, 2.45) is 0 Å². The van der Waals surface area contributed by atoms with E-state index in [2.05, 4.69) is 10.0 Å². The number of nitrogens with one attached hydrogen (secondary N) is 2. The Kier molecular flexibility index (Phi) is 4.15. The van der Waals surface area contributed by atoms with Crippen molar-refractivity contribution in [1.29, 1.82) is 0 Å². The summed E-state index contributed by atoms with van der Waals surface area (Å²) in [4.78, 5) is 11.4. The lowest BCUT2D eigenvalue weighted by atomic mass is 10.2. The summed E-state index contributed by atoms with van der Waals surface area (Å²) in [5.74, 6) is -0.270. The fourth-order valence-corrected chi connectivity index (χ4v) is 4.15. The minimum absolute atomic E-state index is 0.0782. The van der Waals surface area contributed by atoms with Crippen LogP contribution in [0.1, 0.15) is 11.1 Å². The van der Waals surface area contributed by atoms with E-state index in [4.69, 9.17) is 16.3 Å². The number of halogens is 1. The van der Waals surface area contributed by atoms with E-state index in [9.17, 15) is 13.2 Å². The molecular formula is C16H15ClN2O4S. The lowest BCUT2D eigenvalue weighted by Crippen LogP contribution is -2.27. The molecule has 126 valence electrons. The summed E-state index contributed by atoms with van der Waals surface area (Å²) in [6.45, 7) is 3.25. The first kappa shape index (κ1) is 16.6. The minimum Gasteiger partial charge on any atom is -0.480 e. The molecule has 2 aromatic carbocycles. The Hall–Kier alpha value is -2.25. The Labute approximate surface area is 144 Å². The summed E-state index contributed by atoms with van der Waals surface area (Å²) >= 11 is 6.13. The molecule has 1 heterocycles. The molecule has 1 aliphatic heterocycles. The number of hydrogen-bond donors (Lipinski definition) is 2. The van der Waals surface area contributed by atoms with Gasteiger partial charge in [0.2, 0.25) is 0 Å². The first-order chi connectivity index (χ1) is 11.3. The number of hydrogen-bond acceptors (Lipinski definition) is 4. The van der Waals surface area contributed by atoms with Crippen LogP contribution in [0.15, 0.2) is 35.2 Å². The van der Waals surface area contributed by atoms with E-state index in [-0.39, 0.29) is 33.9 Å². The number of fused-ring (bicyclic) bond motifs is 1. The summed E-state index contributed by atoms with van der Waals surface area (Å²) < 4.78 is 33.6. The van der Waals surface area contributed by atoms with E-state index < -0.39 is 10.0 Å². The highest BCUT2D eigenvalue weighted by Crippen LogP contribution is 2.41. The normalized spacial score (nSPS) is 13.7. The van der Waals surface area contributed by atoms with E-state index in [1.807, 2.05) is 6.92 Å². The molecule has 2 N–H and O–H groups in total. The predicted molar refractivity (Wildman–Crippen MR) is 92.3 cm³/mol. The van der Waals surface area contributed by atoms with Gasteiger partial charge in [0.15, 0.2) is 12.4 Å². The second-order valence-corrected chi connectivity index (χ2v) is 7.52. The van der Waals surface area contributed by atoms with Crippen molar-refractivity contribution in [1.82, 2.24) is 0 Å². The molecule has 0 aromatic heterocycles. The quantitative estimate of drug-likeness (QED) is 0.874. The number of amides is 1. The average Bonchev–Trinajstić information content (AvgIpc) is 2.50. The van der Waals surface area contributed by atoms with Crippen LogP contribution in [-0.2, 0) is 14.8 Å². The SMILES string of the molecule is Cc1ccc(NS(=O)(=O)c2c(C)c(Cl)cc3c2OCC(=O)N3)cc1. The van der Waals surface area contributed by atoms with Gasteiger partial charge in [0, 0.05) is 10.7 Å². The highest BCUT2D eigenvalue weighted by atomic mass is 35.5. The molecule has 6 nitrogen and oxygen atoms in total. The van der Waals surface area contributed by atoms with Crippen molar-refractivity contribution in [2.75, 3.05) is 16.6 Å². The van der Waals surface area contributed by atoms with Gasteiger partial charge in [-0.15, -0.1) is 0 Å². The molecule has 24 heavy (non-hydrogen) atoms. The van der Waals surface area contributed by atoms with Gasteiger partial charge in [-0.2, -0.15) is 0 Å². The molecule has 3 rings (SSSR count). The molecular weight excluding hydrogens is 352 g/mol. The Morgan fingerprint density at radius 2 is 1.88 bits per heavy atom. The predicted octanol–water partition coefficient (Wildman–Crippen LogP) is 3.09. The molecule has 2 aromatic rings. The van der Waals surface area contributed by atoms with Crippen LogP contribution in [0.5, 0.6) is 5.75 Å². The maximum atomic E-state index is 12.9. The highest BCUT2D eigenvalue weighted by Gasteiger charge is 2.30. The van der Waals surface area contributed by atoms with Crippen LogP contribution in [0.4, 0.5) is 11.4 Å². The van der Waals surface area contributed by atoms with Gasteiger partial charge in [0.05, 0.1) is 5.69 Å². The molecule has 0 unspecified atom stereocenters. The van der Waals surface area contributed by atoms with Gasteiger partial charge in [-0.1, -0.05) is 29.3 Å². The zero-order valence-corrected chi connectivity index (χ0v) is 14.6. The molecule has 0 saturated carbocycles.